The summed E-state index contributed by atoms with van der Waals surface area (Å²) >= 11 is 0. The van der Waals surface area contributed by atoms with Crippen molar-refractivity contribution < 1.29 is 14.3 Å². The second-order valence-corrected chi connectivity index (χ2v) is 7.20. The lowest BCUT2D eigenvalue weighted by atomic mass is 10.0. The maximum absolute atomic E-state index is 12.1. The number of carbonyl (C=O) groups excluding carboxylic acids is 1. The van der Waals surface area contributed by atoms with Gasteiger partial charge in [-0.15, -0.1) is 0 Å². The van der Waals surface area contributed by atoms with E-state index in [1.54, 1.807) is 0 Å². The number of aromatic nitrogens is 1. The quantitative estimate of drug-likeness (QED) is 0.681. The van der Waals surface area contributed by atoms with Gasteiger partial charge in [-0.25, -0.2) is 4.98 Å². The fourth-order valence-corrected chi connectivity index (χ4v) is 3.93. The number of anilines is 1. The van der Waals surface area contributed by atoms with Crippen molar-refractivity contribution in [2.75, 3.05) is 18.2 Å². The highest BCUT2D eigenvalue weighted by Gasteiger charge is 2.22. The highest BCUT2D eigenvalue weighted by Crippen LogP contribution is 2.39. The molecule has 0 N–H and O–H groups in total. The number of fused-ring (bicyclic) bond motifs is 2. The van der Waals surface area contributed by atoms with Gasteiger partial charge < -0.3 is 14.4 Å². The largest absolute Gasteiger partial charge is 0.454 e. The number of amides is 1. The Morgan fingerprint density at radius 3 is 2.59 bits per heavy atom. The molecule has 0 atom stereocenters. The lowest BCUT2D eigenvalue weighted by Crippen LogP contribution is -2.23. The summed E-state index contributed by atoms with van der Waals surface area (Å²) in [6.45, 7) is 5.21. The van der Waals surface area contributed by atoms with Gasteiger partial charge in [0.15, 0.2) is 11.5 Å². The van der Waals surface area contributed by atoms with Gasteiger partial charge in [0.05, 0.1) is 11.2 Å². The maximum atomic E-state index is 12.1. The van der Waals surface area contributed by atoms with Crippen LogP contribution in [0.15, 0.2) is 36.4 Å². The van der Waals surface area contributed by atoms with E-state index in [-0.39, 0.29) is 12.7 Å². The molecule has 1 fully saturated rings. The van der Waals surface area contributed by atoms with E-state index in [0.29, 0.717) is 6.42 Å². The zero-order valence-corrected chi connectivity index (χ0v) is 15.4. The van der Waals surface area contributed by atoms with Crippen LogP contribution < -0.4 is 14.4 Å². The molecule has 0 radical (unpaired) electrons. The summed E-state index contributed by atoms with van der Waals surface area (Å²) in [5.74, 6) is 1.75. The molecule has 3 heterocycles. The Kier molecular flexibility index (Phi) is 3.57. The lowest BCUT2D eigenvalue weighted by Gasteiger charge is -2.17. The molecule has 0 bridgehead atoms. The minimum atomic E-state index is 0.201. The monoisotopic (exact) mass is 360 g/mol. The van der Waals surface area contributed by atoms with E-state index in [1.807, 2.05) is 29.2 Å². The van der Waals surface area contributed by atoms with Gasteiger partial charge in [-0.1, -0.05) is 0 Å². The van der Waals surface area contributed by atoms with E-state index in [1.165, 1.54) is 0 Å². The van der Waals surface area contributed by atoms with Crippen molar-refractivity contribution in [1.29, 1.82) is 0 Å². The van der Waals surface area contributed by atoms with Crippen molar-refractivity contribution >= 4 is 22.5 Å². The summed E-state index contributed by atoms with van der Waals surface area (Å²) in [6.07, 6.45) is 1.56. The van der Waals surface area contributed by atoms with E-state index < -0.39 is 0 Å². The second kappa shape index (κ2) is 5.98. The Bertz CT molecular complexity index is 1090. The van der Waals surface area contributed by atoms with Crippen LogP contribution in [0, 0.1) is 13.8 Å². The highest BCUT2D eigenvalue weighted by atomic mass is 16.7. The van der Waals surface area contributed by atoms with Crippen molar-refractivity contribution in [2.24, 2.45) is 0 Å². The normalized spacial score (nSPS) is 15.8. The molecule has 0 spiro atoms. The van der Waals surface area contributed by atoms with E-state index >= 15 is 0 Å². The van der Waals surface area contributed by atoms with Crippen molar-refractivity contribution in [2.45, 2.75) is 26.7 Å². The molecule has 1 amide bonds. The molecule has 1 aromatic heterocycles. The second-order valence-electron chi connectivity index (χ2n) is 7.20. The Labute approximate surface area is 157 Å². The Hall–Kier alpha value is -3.08. The fraction of sp³-hybridized carbons (Fsp3) is 0.273. The third-order valence-electron chi connectivity index (χ3n) is 5.38. The SMILES string of the molecule is Cc1cc2c(cc1-c1cc(C)c3cc(N4CCCC4=O)ccc3n1)OCO2. The summed E-state index contributed by atoms with van der Waals surface area (Å²) in [7, 11) is 0. The first-order valence-electron chi connectivity index (χ1n) is 9.22. The molecule has 136 valence electrons. The van der Waals surface area contributed by atoms with Crippen LogP contribution in [-0.4, -0.2) is 24.2 Å². The van der Waals surface area contributed by atoms with Crippen LogP contribution in [0.25, 0.3) is 22.2 Å². The number of carbonyl (C=O) groups is 1. The third-order valence-corrected chi connectivity index (χ3v) is 5.38. The number of ether oxygens (including phenoxy) is 2. The first kappa shape index (κ1) is 16.1. The van der Waals surface area contributed by atoms with Gasteiger partial charge in [0.25, 0.3) is 0 Å². The minimum absolute atomic E-state index is 0.201. The number of pyridine rings is 1. The molecule has 5 nitrogen and oxygen atoms in total. The summed E-state index contributed by atoms with van der Waals surface area (Å²) < 4.78 is 11.0. The molecule has 1 saturated heterocycles. The third kappa shape index (κ3) is 2.62. The number of hydrogen-bond acceptors (Lipinski definition) is 4. The van der Waals surface area contributed by atoms with Crippen molar-refractivity contribution in [1.82, 2.24) is 4.98 Å². The molecule has 27 heavy (non-hydrogen) atoms. The zero-order chi connectivity index (χ0) is 18.5. The average molecular weight is 360 g/mol. The van der Waals surface area contributed by atoms with Crippen molar-refractivity contribution in [3.8, 4) is 22.8 Å². The average Bonchev–Trinajstić information content (AvgIpc) is 3.29. The summed E-state index contributed by atoms with van der Waals surface area (Å²) in [5, 5.41) is 1.08. The van der Waals surface area contributed by atoms with Crippen LogP contribution in [0.4, 0.5) is 5.69 Å². The van der Waals surface area contributed by atoms with Gasteiger partial charge in [-0.3, -0.25) is 4.79 Å². The van der Waals surface area contributed by atoms with Crippen LogP contribution in [0.1, 0.15) is 24.0 Å². The van der Waals surface area contributed by atoms with Crippen LogP contribution in [0.5, 0.6) is 11.5 Å². The van der Waals surface area contributed by atoms with Gasteiger partial charge >= 0.3 is 0 Å². The first-order chi connectivity index (χ1) is 13.1. The summed E-state index contributed by atoms with van der Waals surface area (Å²) in [4.78, 5) is 18.8. The molecule has 5 rings (SSSR count). The topological polar surface area (TPSA) is 51.7 Å². The molecular formula is C22H20N2O3. The number of rotatable bonds is 2. The molecule has 5 heteroatoms. The zero-order valence-electron chi connectivity index (χ0n) is 15.4. The Morgan fingerprint density at radius 2 is 1.81 bits per heavy atom. The van der Waals surface area contributed by atoms with Crippen LogP contribution in [0.2, 0.25) is 0 Å². The Balaban J connectivity index is 1.61. The van der Waals surface area contributed by atoms with E-state index in [9.17, 15) is 4.79 Å². The molecule has 2 aliphatic rings. The van der Waals surface area contributed by atoms with Crippen LogP contribution in [-0.2, 0) is 4.79 Å². The van der Waals surface area contributed by atoms with Crippen LogP contribution >= 0.6 is 0 Å². The predicted octanol–water partition coefficient (Wildman–Crippen LogP) is 4.37. The maximum Gasteiger partial charge on any atom is 0.231 e. The predicted molar refractivity (Wildman–Crippen MR) is 104 cm³/mol. The molecule has 0 saturated carbocycles. The van der Waals surface area contributed by atoms with Gasteiger partial charge in [-0.2, -0.15) is 0 Å². The molecule has 0 aliphatic carbocycles. The van der Waals surface area contributed by atoms with Gasteiger partial charge in [0, 0.05) is 29.6 Å². The Morgan fingerprint density at radius 1 is 1.00 bits per heavy atom. The highest BCUT2D eigenvalue weighted by molar-refractivity contribution is 5.98. The van der Waals surface area contributed by atoms with Crippen LogP contribution in [0.3, 0.4) is 0 Å². The van der Waals surface area contributed by atoms with Gasteiger partial charge in [0.1, 0.15) is 0 Å². The van der Waals surface area contributed by atoms with E-state index in [4.69, 9.17) is 14.5 Å². The summed E-state index contributed by atoms with van der Waals surface area (Å²) in [6, 6.07) is 12.2. The molecule has 3 aromatic rings. The smallest absolute Gasteiger partial charge is 0.231 e. The number of aryl methyl sites for hydroxylation is 2. The minimum Gasteiger partial charge on any atom is -0.454 e. The number of benzene rings is 2. The molecular weight excluding hydrogens is 340 g/mol. The first-order valence-corrected chi connectivity index (χ1v) is 9.22. The summed E-state index contributed by atoms with van der Waals surface area (Å²) in [5.41, 5.74) is 6.09. The number of hydrogen-bond donors (Lipinski definition) is 0. The fourth-order valence-electron chi connectivity index (χ4n) is 3.93. The lowest BCUT2D eigenvalue weighted by molar-refractivity contribution is -0.117. The molecule has 2 aromatic carbocycles. The molecule has 2 aliphatic heterocycles. The van der Waals surface area contributed by atoms with Gasteiger partial charge in [-0.05, 0) is 67.8 Å². The van der Waals surface area contributed by atoms with E-state index in [2.05, 4.69) is 26.0 Å². The number of nitrogens with zero attached hydrogens (tertiary/aromatic N) is 2. The standard InChI is InChI=1S/C22H20N2O3/c1-13-8-19(17-11-21-20(9-14(17)2)26-12-27-21)23-18-6-5-15(10-16(13)18)24-7-3-4-22(24)25/h5-6,8-11H,3-4,7,12H2,1-2H3. The molecule has 0 unspecified atom stereocenters. The van der Waals surface area contributed by atoms with Gasteiger partial charge in [0.2, 0.25) is 12.7 Å². The van der Waals surface area contributed by atoms with Crippen molar-refractivity contribution in [3.05, 3.63) is 47.5 Å². The van der Waals surface area contributed by atoms with E-state index in [0.717, 1.165) is 63.4 Å². The van der Waals surface area contributed by atoms with Crippen molar-refractivity contribution in [3.63, 3.8) is 0 Å².